The van der Waals surface area contributed by atoms with Crippen LogP contribution in [0.3, 0.4) is 0 Å². The number of rotatable bonds is 14. The van der Waals surface area contributed by atoms with Crippen molar-refractivity contribution in [3.63, 3.8) is 0 Å². The molecule has 0 aliphatic carbocycles. The molecule has 7 heterocycles. The summed E-state index contributed by atoms with van der Waals surface area (Å²) in [5.74, 6) is -0.527. The number of benzene rings is 3. The molecule has 0 spiro atoms. The third kappa shape index (κ3) is 10.2. The molecule has 0 bridgehead atoms. The zero-order chi connectivity index (χ0) is 49.3. The third-order valence-electron chi connectivity index (χ3n) is 13.9. The molecule has 3 aromatic carbocycles. The lowest BCUT2D eigenvalue weighted by atomic mass is 9.91. The van der Waals surface area contributed by atoms with Crippen molar-refractivity contribution in [3.05, 3.63) is 119 Å². The average Bonchev–Trinajstić information content (AvgIpc) is 3.92. The molecule has 2 atom stereocenters. The second kappa shape index (κ2) is 20.0. The van der Waals surface area contributed by atoms with Crippen LogP contribution in [0.5, 0.6) is 5.75 Å². The van der Waals surface area contributed by atoms with Crippen molar-refractivity contribution in [2.75, 3.05) is 41.7 Å². The molecule has 2 saturated heterocycles. The van der Waals surface area contributed by atoms with E-state index in [9.17, 15) is 29.1 Å². The number of para-hydroxylation sites is 1. The Hall–Kier alpha value is -7.57. The van der Waals surface area contributed by atoms with E-state index < -0.39 is 11.9 Å². The number of amides is 4. The molecule has 18 heteroatoms. The van der Waals surface area contributed by atoms with Crippen LogP contribution in [0.4, 0.5) is 16.8 Å². The van der Waals surface area contributed by atoms with Crippen molar-refractivity contribution < 1.29 is 33.8 Å². The normalized spacial score (nSPS) is 16.9. The van der Waals surface area contributed by atoms with Gasteiger partial charge in [0.1, 0.15) is 17.4 Å². The van der Waals surface area contributed by atoms with Crippen LogP contribution in [-0.2, 0) is 34.4 Å². The van der Waals surface area contributed by atoms with E-state index in [0.29, 0.717) is 82.2 Å². The van der Waals surface area contributed by atoms with Crippen molar-refractivity contribution in [1.29, 1.82) is 0 Å². The van der Waals surface area contributed by atoms with E-state index in [0.717, 1.165) is 71.2 Å². The predicted octanol–water partition coefficient (Wildman–Crippen LogP) is 7.88. The number of hydrogen-bond acceptors (Lipinski definition) is 13. The van der Waals surface area contributed by atoms with Gasteiger partial charge in [0.15, 0.2) is 16.5 Å². The summed E-state index contributed by atoms with van der Waals surface area (Å²) in [5, 5.41) is 24.5. The zero-order valence-corrected chi connectivity index (χ0v) is 40.6. The van der Waals surface area contributed by atoms with Gasteiger partial charge in [-0.3, -0.25) is 39.4 Å². The first kappa shape index (κ1) is 47.1. The highest BCUT2D eigenvalue weighted by Crippen LogP contribution is 2.35. The summed E-state index contributed by atoms with van der Waals surface area (Å²) in [7, 11) is 1.74. The second-order valence-electron chi connectivity index (χ2n) is 18.8. The minimum Gasteiger partial charge on any atom is -0.491 e. The van der Waals surface area contributed by atoms with E-state index >= 15 is 0 Å². The smallest absolute Gasteiger partial charge is 0.355 e. The first-order chi connectivity index (χ1) is 34.3. The van der Waals surface area contributed by atoms with Crippen LogP contribution in [-0.4, -0.2) is 96.6 Å². The van der Waals surface area contributed by atoms with Crippen LogP contribution in [0.2, 0.25) is 0 Å². The third-order valence-corrected chi connectivity index (χ3v) is 14.8. The molecule has 3 aliphatic heterocycles. The van der Waals surface area contributed by atoms with Gasteiger partial charge in [-0.05, 0) is 148 Å². The fourth-order valence-corrected chi connectivity index (χ4v) is 11.0. The van der Waals surface area contributed by atoms with Crippen molar-refractivity contribution >= 4 is 79.0 Å². The number of nitrogens with zero attached hydrogens (tertiary/aromatic N) is 7. The number of carboxylic acids is 1. The minimum absolute atomic E-state index is 0.0438. The molecule has 2 unspecified atom stereocenters. The van der Waals surface area contributed by atoms with Crippen LogP contribution >= 0.6 is 11.3 Å². The summed E-state index contributed by atoms with van der Waals surface area (Å²) in [5.41, 5.74) is 6.54. The van der Waals surface area contributed by atoms with Crippen molar-refractivity contribution in [1.82, 2.24) is 34.9 Å². The van der Waals surface area contributed by atoms with Gasteiger partial charge in [0, 0.05) is 43.1 Å². The molecule has 0 radical (unpaired) electrons. The van der Waals surface area contributed by atoms with Gasteiger partial charge >= 0.3 is 5.97 Å². The number of thiazole rings is 1. The molecule has 2 fully saturated rings. The molecular formula is C53H54N10O7S. The Morgan fingerprint density at radius 1 is 0.901 bits per heavy atom. The Morgan fingerprint density at radius 3 is 2.51 bits per heavy atom. The van der Waals surface area contributed by atoms with Gasteiger partial charge in [-0.25, -0.2) is 19.7 Å². The molecule has 4 aromatic heterocycles. The molecule has 3 aliphatic rings. The fraction of sp³-hybridized carbons (Fsp3) is 0.340. The maximum Gasteiger partial charge on any atom is 0.355 e. The number of carbonyl (C=O) groups is 5. The maximum absolute atomic E-state index is 13.6. The molecule has 10 rings (SSSR count). The van der Waals surface area contributed by atoms with Crippen molar-refractivity contribution in [2.45, 2.75) is 77.4 Å². The van der Waals surface area contributed by atoms with Gasteiger partial charge in [-0.1, -0.05) is 41.7 Å². The number of fused-ring (bicyclic) bond motifs is 3. The second-order valence-corrected chi connectivity index (χ2v) is 19.8. The Morgan fingerprint density at radius 2 is 1.72 bits per heavy atom. The number of aromatic nitrogens is 5. The highest BCUT2D eigenvalue weighted by molar-refractivity contribution is 7.22. The van der Waals surface area contributed by atoms with Gasteiger partial charge in [0.2, 0.25) is 17.7 Å². The number of likely N-dealkylation sites (tertiary alicyclic amines) is 1. The topological polar surface area (TPSA) is 214 Å². The van der Waals surface area contributed by atoms with E-state index in [4.69, 9.17) is 9.72 Å². The largest absolute Gasteiger partial charge is 0.491 e. The summed E-state index contributed by atoms with van der Waals surface area (Å²) in [6.45, 7) is 6.90. The Balaban J connectivity index is 0.704. The number of hydrogen-bond donors (Lipinski definition) is 4. The summed E-state index contributed by atoms with van der Waals surface area (Å²) in [6, 6.07) is 26.4. The fourth-order valence-electron chi connectivity index (χ4n) is 10.1. The predicted molar refractivity (Wildman–Crippen MR) is 271 cm³/mol. The van der Waals surface area contributed by atoms with Gasteiger partial charge < -0.3 is 20.1 Å². The van der Waals surface area contributed by atoms with Gasteiger partial charge in [0.05, 0.1) is 34.5 Å². The summed E-state index contributed by atoms with van der Waals surface area (Å²) in [6.07, 6.45) is 5.09. The molecule has 0 saturated carbocycles. The minimum atomic E-state index is -1.13. The number of carbonyl (C=O) groups excluding carboxylic acids is 4. The van der Waals surface area contributed by atoms with Crippen molar-refractivity contribution in [2.24, 2.45) is 13.0 Å². The Labute approximate surface area is 413 Å². The number of nitrogens with one attached hydrogen (secondary N) is 3. The molecular weight excluding hydrogens is 921 g/mol. The van der Waals surface area contributed by atoms with Crippen LogP contribution in [0.25, 0.3) is 32.4 Å². The summed E-state index contributed by atoms with van der Waals surface area (Å²) < 4.78 is 8.97. The summed E-state index contributed by atoms with van der Waals surface area (Å²) >= 11 is 1.43. The van der Waals surface area contributed by atoms with Gasteiger partial charge in [-0.2, -0.15) is 5.10 Å². The monoisotopic (exact) mass is 974 g/mol. The van der Waals surface area contributed by atoms with E-state index in [1.807, 2.05) is 90.7 Å². The van der Waals surface area contributed by atoms with Crippen LogP contribution in [0, 0.1) is 12.8 Å². The first-order valence-electron chi connectivity index (χ1n) is 24.1. The maximum atomic E-state index is 13.6. The SMILES string of the molecule is Cc1cc(OC(C)CCC2CCN(CC(=O)Nc3ccc4c(C5CCC(=O)NC5=O)nn(C)c4n3)CC2)ccc1-c1ccc(N2CCc3cccc(C(=O)Nc4nc5ccccc5s4)c3C2)nc1C(=O)O. The van der Waals surface area contributed by atoms with E-state index in [1.165, 1.54) is 11.3 Å². The van der Waals surface area contributed by atoms with E-state index in [-0.39, 0.29) is 48.4 Å². The number of piperidine rings is 2. The number of imide groups is 1. The van der Waals surface area contributed by atoms with Crippen LogP contribution in [0.1, 0.15) is 94.6 Å². The summed E-state index contributed by atoms with van der Waals surface area (Å²) in [4.78, 5) is 81.7. The number of aromatic carboxylic acids is 1. The molecule has 4 amide bonds. The van der Waals surface area contributed by atoms with Crippen LogP contribution in [0.15, 0.2) is 84.9 Å². The van der Waals surface area contributed by atoms with Crippen LogP contribution < -0.4 is 25.6 Å². The molecule has 364 valence electrons. The Kier molecular flexibility index (Phi) is 13.3. The average molecular weight is 975 g/mol. The Bertz CT molecular complexity index is 3200. The number of carboxylic acid groups (broad SMARTS) is 1. The number of pyridine rings is 2. The van der Waals surface area contributed by atoms with E-state index in [2.05, 4.69) is 42.8 Å². The lowest BCUT2D eigenvalue weighted by molar-refractivity contribution is -0.134. The molecule has 17 nitrogen and oxygen atoms in total. The lowest BCUT2D eigenvalue weighted by Crippen LogP contribution is -2.39. The first-order valence-corrected chi connectivity index (χ1v) is 24.9. The number of ether oxygens (including phenoxy) is 1. The number of anilines is 3. The number of aryl methyl sites for hydroxylation is 2. The highest BCUT2D eigenvalue weighted by Gasteiger charge is 2.32. The van der Waals surface area contributed by atoms with Gasteiger partial charge in [0.25, 0.3) is 5.91 Å². The molecule has 7 aromatic rings. The molecule has 71 heavy (non-hydrogen) atoms. The van der Waals surface area contributed by atoms with E-state index in [1.54, 1.807) is 17.8 Å². The quantitative estimate of drug-likeness (QED) is 0.0765. The highest BCUT2D eigenvalue weighted by atomic mass is 32.1. The zero-order valence-electron chi connectivity index (χ0n) is 39.7. The molecule has 4 N–H and O–H groups in total. The van der Waals surface area contributed by atoms with Gasteiger partial charge in [-0.15, -0.1) is 0 Å². The van der Waals surface area contributed by atoms with Crippen molar-refractivity contribution in [3.8, 4) is 16.9 Å². The lowest BCUT2D eigenvalue weighted by Gasteiger charge is -2.32. The standard InChI is InChI=1S/C53H54N10O7S/c1-30-27-34(70-31(2)11-12-32-21-24-62(25-22-32)29-46(65)55-43-18-15-38-47(60-61(3)49(38)56-43)39-17-20-45(64)58-51(39)67)13-14-35(30)36-16-19-44(57-48(36)52(68)69)63-26-23-33-7-6-8-37(40(33)28-63)50(66)59-53-54-41-9-4-5-10-42(41)71-53/h4-10,13-16,18-19,27,31-32,39H,11-12,17,20-26,28-29H2,1-3H3,(H,68,69)(H,54,59,66)(H,55,56,65)(H,58,64,67).